The zero-order valence-electron chi connectivity index (χ0n) is 14.3. The summed E-state index contributed by atoms with van der Waals surface area (Å²) in [4.78, 5) is 12.2. The van der Waals surface area contributed by atoms with Gasteiger partial charge in [-0.15, -0.1) is 0 Å². The maximum Gasteiger partial charge on any atom is 0.258 e. The molecule has 1 aromatic carbocycles. The zero-order chi connectivity index (χ0) is 16.1. The number of ether oxygens (including phenoxy) is 1. The lowest BCUT2D eigenvalue weighted by Gasteiger charge is -2.26. The molecule has 3 nitrogen and oxygen atoms in total. The number of benzene rings is 1. The number of hydrogen-bond acceptors (Lipinski definition) is 2. The van der Waals surface area contributed by atoms with Crippen molar-refractivity contribution >= 4 is 5.91 Å². The van der Waals surface area contributed by atoms with E-state index in [1.54, 1.807) is 0 Å². The molecule has 122 valence electrons. The number of carbonyl (C=O) groups excluding carboxylic acids is 1. The molecule has 0 unspecified atom stereocenters. The van der Waals surface area contributed by atoms with E-state index in [0.29, 0.717) is 11.8 Å². The average molecular weight is 303 g/mol. The van der Waals surface area contributed by atoms with Gasteiger partial charge in [-0.1, -0.05) is 39.8 Å². The van der Waals surface area contributed by atoms with Crippen molar-refractivity contribution in [2.45, 2.75) is 59.4 Å². The van der Waals surface area contributed by atoms with Gasteiger partial charge in [-0.3, -0.25) is 4.79 Å². The molecular weight excluding hydrogens is 274 g/mol. The van der Waals surface area contributed by atoms with Crippen molar-refractivity contribution in [3.8, 4) is 5.75 Å². The quantitative estimate of drug-likeness (QED) is 0.869. The molecule has 0 spiro atoms. The number of amides is 1. The van der Waals surface area contributed by atoms with Crippen molar-refractivity contribution < 1.29 is 9.53 Å². The molecule has 0 bridgehead atoms. The minimum absolute atomic E-state index is 0.0270. The number of carbonyl (C=O) groups is 1. The SMILES string of the molecule is CC(C)C(NC(=O)COc1cccc2c1CCCC2)C(C)C. The van der Waals surface area contributed by atoms with Gasteiger partial charge in [0.2, 0.25) is 0 Å². The highest BCUT2D eigenvalue weighted by Crippen LogP contribution is 2.29. The van der Waals surface area contributed by atoms with Crippen LogP contribution < -0.4 is 10.1 Å². The van der Waals surface area contributed by atoms with Crippen molar-refractivity contribution in [3.63, 3.8) is 0 Å². The molecule has 1 aliphatic carbocycles. The van der Waals surface area contributed by atoms with Crippen molar-refractivity contribution in [1.82, 2.24) is 5.32 Å². The van der Waals surface area contributed by atoms with Crippen molar-refractivity contribution in [3.05, 3.63) is 29.3 Å². The normalized spacial score (nSPS) is 14.3. The Kier molecular flexibility index (Phi) is 5.87. The molecule has 22 heavy (non-hydrogen) atoms. The number of nitrogens with one attached hydrogen (secondary N) is 1. The average Bonchev–Trinajstić information content (AvgIpc) is 2.49. The van der Waals surface area contributed by atoms with Crippen LogP contribution >= 0.6 is 0 Å². The van der Waals surface area contributed by atoms with E-state index in [1.165, 1.54) is 24.0 Å². The number of rotatable bonds is 6. The van der Waals surface area contributed by atoms with Crippen LogP contribution in [0.4, 0.5) is 0 Å². The first kappa shape index (κ1) is 16.9. The molecule has 0 fully saturated rings. The first-order valence-corrected chi connectivity index (χ1v) is 8.52. The van der Waals surface area contributed by atoms with Crippen LogP contribution in [0.5, 0.6) is 5.75 Å². The standard InChI is InChI=1S/C19H29NO2/c1-13(2)19(14(3)4)20-18(21)12-22-17-11-7-9-15-8-5-6-10-16(15)17/h7,9,11,13-14,19H,5-6,8,10,12H2,1-4H3,(H,20,21). The Morgan fingerprint density at radius 2 is 1.82 bits per heavy atom. The Morgan fingerprint density at radius 3 is 2.50 bits per heavy atom. The highest BCUT2D eigenvalue weighted by Gasteiger charge is 2.20. The predicted molar refractivity (Wildman–Crippen MR) is 90.2 cm³/mol. The summed E-state index contributed by atoms with van der Waals surface area (Å²) >= 11 is 0. The molecule has 1 amide bonds. The molecule has 0 atom stereocenters. The van der Waals surface area contributed by atoms with Crippen LogP contribution in [-0.2, 0) is 17.6 Å². The van der Waals surface area contributed by atoms with E-state index in [-0.39, 0.29) is 18.6 Å². The molecule has 2 rings (SSSR count). The minimum atomic E-state index is -0.0270. The Hall–Kier alpha value is -1.51. The lowest BCUT2D eigenvalue weighted by atomic mass is 9.91. The molecule has 1 N–H and O–H groups in total. The number of fused-ring (bicyclic) bond motifs is 1. The zero-order valence-corrected chi connectivity index (χ0v) is 14.3. The summed E-state index contributed by atoms with van der Waals surface area (Å²) < 4.78 is 5.81. The van der Waals surface area contributed by atoms with Crippen LogP contribution in [0.15, 0.2) is 18.2 Å². The summed E-state index contributed by atoms with van der Waals surface area (Å²) in [5.41, 5.74) is 2.68. The Balaban J connectivity index is 1.94. The summed E-state index contributed by atoms with van der Waals surface area (Å²) in [5, 5.41) is 3.10. The number of hydrogen-bond donors (Lipinski definition) is 1. The lowest BCUT2D eigenvalue weighted by Crippen LogP contribution is -2.44. The van der Waals surface area contributed by atoms with E-state index < -0.39 is 0 Å². The topological polar surface area (TPSA) is 38.3 Å². The van der Waals surface area contributed by atoms with Crippen molar-refractivity contribution in [2.24, 2.45) is 11.8 Å². The fourth-order valence-electron chi connectivity index (χ4n) is 3.36. The van der Waals surface area contributed by atoms with Crippen molar-refractivity contribution in [2.75, 3.05) is 6.61 Å². The lowest BCUT2D eigenvalue weighted by molar-refractivity contribution is -0.124. The molecule has 0 heterocycles. The second-order valence-electron chi connectivity index (χ2n) is 6.97. The first-order chi connectivity index (χ1) is 10.5. The van der Waals surface area contributed by atoms with Gasteiger partial charge in [-0.2, -0.15) is 0 Å². The third kappa shape index (κ3) is 4.25. The maximum absolute atomic E-state index is 12.2. The third-order valence-electron chi connectivity index (χ3n) is 4.48. The molecule has 0 saturated heterocycles. The van der Waals surface area contributed by atoms with Gasteiger partial charge in [-0.25, -0.2) is 0 Å². The largest absolute Gasteiger partial charge is 0.483 e. The van der Waals surface area contributed by atoms with Gasteiger partial charge in [0.15, 0.2) is 6.61 Å². The molecule has 3 heteroatoms. The van der Waals surface area contributed by atoms with E-state index in [0.717, 1.165) is 18.6 Å². The monoisotopic (exact) mass is 303 g/mol. The molecular formula is C19H29NO2. The molecule has 1 aliphatic rings. The fourth-order valence-corrected chi connectivity index (χ4v) is 3.36. The third-order valence-corrected chi connectivity index (χ3v) is 4.48. The highest BCUT2D eigenvalue weighted by atomic mass is 16.5. The van der Waals surface area contributed by atoms with Crippen LogP contribution in [0.25, 0.3) is 0 Å². The summed E-state index contributed by atoms with van der Waals surface area (Å²) in [5.74, 6) is 1.71. The maximum atomic E-state index is 12.2. The van der Waals surface area contributed by atoms with Gasteiger partial charge in [-0.05, 0) is 54.7 Å². The Labute approximate surface area is 134 Å². The van der Waals surface area contributed by atoms with E-state index in [2.05, 4.69) is 39.1 Å². The number of aryl methyl sites for hydroxylation is 1. The van der Waals surface area contributed by atoms with Crippen LogP contribution in [-0.4, -0.2) is 18.6 Å². The van der Waals surface area contributed by atoms with Gasteiger partial charge < -0.3 is 10.1 Å². The van der Waals surface area contributed by atoms with E-state index >= 15 is 0 Å². The second kappa shape index (κ2) is 7.66. The van der Waals surface area contributed by atoms with Crippen molar-refractivity contribution in [1.29, 1.82) is 0 Å². The van der Waals surface area contributed by atoms with Crippen LogP contribution in [0, 0.1) is 11.8 Å². The minimum Gasteiger partial charge on any atom is -0.483 e. The molecule has 0 saturated carbocycles. The van der Waals surface area contributed by atoms with Crippen LogP contribution in [0.1, 0.15) is 51.7 Å². The summed E-state index contributed by atoms with van der Waals surface area (Å²) in [7, 11) is 0. The predicted octanol–water partition coefficient (Wildman–Crippen LogP) is 3.74. The Morgan fingerprint density at radius 1 is 1.14 bits per heavy atom. The van der Waals surface area contributed by atoms with Gasteiger partial charge in [0, 0.05) is 6.04 Å². The summed E-state index contributed by atoms with van der Waals surface area (Å²) in [6.07, 6.45) is 4.65. The molecule has 0 radical (unpaired) electrons. The van der Waals surface area contributed by atoms with Crippen LogP contribution in [0.3, 0.4) is 0 Å². The second-order valence-corrected chi connectivity index (χ2v) is 6.97. The van der Waals surface area contributed by atoms with Crippen LogP contribution in [0.2, 0.25) is 0 Å². The van der Waals surface area contributed by atoms with E-state index in [4.69, 9.17) is 4.74 Å². The highest BCUT2D eigenvalue weighted by molar-refractivity contribution is 5.78. The van der Waals surface area contributed by atoms with E-state index in [9.17, 15) is 4.79 Å². The Bertz CT molecular complexity index is 500. The summed E-state index contributed by atoms with van der Waals surface area (Å²) in [6.45, 7) is 8.66. The van der Waals surface area contributed by atoms with E-state index in [1.807, 2.05) is 12.1 Å². The smallest absolute Gasteiger partial charge is 0.258 e. The first-order valence-electron chi connectivity index (χ1n) is 8.52. The van der Waals surface area contributed by atoms with Gasteiger partial charge in [0.25, 0.3) is 5.91 Å². The fraction of sp³-hybridized carbons (Fsp3) is 0.632. The molecule has 0 aliphatic heterocycles. The summed E-state index contributed by atoms with van der Waals surface area (Å²) in [6, 6.07) is 6.39. The molecule has 0 aromatic heterocycles. The molecule has 1 aromatic rings. The van der Waals surface area contributed by atoms with Gasteiger partial charge in [0.1, 0.15) is 5.75 Å². The van der Waals surface area contributed by atoms with Gasteiger partial charge in [0.05, 0.1) is 0 Å². The van der Waals surface area contributed by atoms with Gasteiger partial charge >= 0.3 is 0 Å².